The second-order valence-electron chi connectivity index (χ2n) is 3.82. The van der Waals surface area contributed by atoms with Crippen LogP contribution in [0.5, 0.6) is 0 Å². The van der Waals surface area contributed by atoms with E-state index in [0.717, 1.165) is 0 Å². The average molecular weight is 204 g/mol. The van der Waals surface area contributed by atoms with E-state index in [9.17, 15) is 4.79 Å². The monoisotopic (exact) mass is 204 g/mol. The molecular formula is C9H20N2O3. The van der Waals surface area contributed by atoms with E-state index in [2.05, 4.69) is 5.32 Å². The average Bonchev–Trinajstić information content (AvgIpc) is 2.12. The molecule has 1 amide bonds. The minimum absolute atomic E-state index is 0.0428. The van der Waals surface area contributed by atoms with Crippen LogP contribution in [-0.4, -0.2) is 41.4 Å². The molecule has 1 unspecified atom stereocenters. The number of carbonyl (C=O) groups is 1. The van der Waals surface area contributed by atoms with Crippen molar-refractivity contribution in [1.29, 1.82) is 0 Å². The minimum Gasteiger partial charge on any atom is -0.394 e. The van der Waals surface area contributed by atoms with Crippen LogP contribution < -0.4 is 11.1 Å². The van der Waals surface area contributed by atoms with Crippen LogP contribution in [0.2, 0.25) is 0 Å². The van der Waals surface area contributed by atoms with Crippen molar-refractivity contribution in [3.63, 3.8) is 0 Å². The van der Waals surface area contributed by atoms with E-state index in [0.29, 0.717) is 12.3 Å². The Morgan fingerprint density at radius 2 is 2.07 bits per heavy atom. The van der Waals surface area contributed by atoms with Gasteiger partial charge >= 0.3 is 0 Å². The summed E-state index contributed by atoms with van der Waals surface area (Å²) in [6.45, 7) is 3.65. The molecule has 0 rings (SSSR count). The van der Waals surface area contributed by atoms with Crippen molar-refractivity contribution < 1.29 is 15.0 Å². The first-order chi connectivity index (χ1) is 6.47. The number of nitrogens with two attached hydrogens (primary N) is 1. The molecule has 0 aromatic heterocycles. The summed E-state index contributed by atoms with van der Waals surface area (Å²) in [5.41, 5.74) is 5.59. The fourth-order valence-corrected chi connectivity index (χ4v) is 1.03. The molecule has 0 radical (unpaired) electrons. The molecule has 0 heterocycles. The maximum absolute atomic E-state index is 11.3. The molecule has 0 aliphatic heterocycles. The summed E-state index contributed by atoms with van der Waals surface area (Å²) in [4.78, 5) is 11.3. The zero-order chi connectivity index (χ0) is 11.1. The van der Waals surface area contributed by atoms with Crippen molar-refractivity contribution in [2.45, 2.75) is 32.4 Å². The molecule has 0 saturated heterocycles. The van der Waals surface area contributed by atoms with Crippen LogP contribution >= 0.6 is 0 Å². The van der Waals surface area contributed by atoms with Gasteiger partial charge < -0.3 is 21.3 Å². The van der Waals surface area contributed by atoms with Crippen LogP contribution in [0.4, 0.5) is 0 Å². The minimum atomic E-state index is -0.912. The molecule has 5 N–H and O–H groups in total. The predicted octanol–water partition coefficient (Wildman–Crippen LogP) is -1.17. The quantitative estimate of drug-likeness (QED) is 0.438. The molecule has 2 atom stereocenters. The predicted molar refractivity (Wildman–Crippen MR) is 53.5 cm³/mol. The highest BCUT2D eigenvalue weighted by Gasteiger charge is 2.15. The second-order valence-corrected chi connectivity index (χ2v) is 3.82. The van der Waals surface area contributed by atoms with Crippen molar-refractivity contribution in [3.8, 4) is 0 Å². The van der Waals surface area contributed by atoms with Crippen LogP contribution in [-0.2, 0) is 4.79 Å². The molecule has 5 nitrogen and oxygen atoms in total. The van der Waals surface area contributed by atoms with Gasteiger partial charge in [-0.05, 0) is 12.3 Å². The summed E-state index contributed by atoms with van der Waals surface area (Å²) < 4.78 is 0. The first-order valence-corrected chi connectivity index (χ1v) is 4.79. The number of aliphatic hydroxyl groups is 2. The van der Waals surface area contributed by atoms with Crippen molar-refractivity contribution in [3.05, 3.63) is 0 Å². The number of hydrogen-bond acceptors (Lipinski definition) is 4. The lowest BCUT2D eigenvalue weighted by atomic mass is 10.0. The van der Waals surface area contributed by atoms with Gasteiger partial charge in [0.05, 0.1) is 18.8 Å². The number of carbonyl (C=O) groups excluding carboxylic acids is 1. The molecule has 0 saturated carbocycles. The van der Waals surface area contributed by atoms with Crippen LogP contribution in [0.25, 0.3) is 0 Å². The third-order valence-electron chi connectivity index (χ3n) is 1.78. The Kier molecular flexibility index (Phi) is 6.44. The van der Waals surface area contributed by atoms with Gasteiger partial charge in [-0.3, -0.25) is 4.79 Å². The van der Waals surface area contributed by atoms with Crippen LogP contribution in [0.1, 0.15) is 20.3 Å². The molecule has 0 aliphatic rings. The first-order valence-electron chi connectivity index (χ1n) is 4.79. The summed E-state index contributed by atoms with van der Waals surface area (Å²) in [5.74, 6) is 0.0738. The summed E-state index contributed by atoms with van der Waals surface area (Å²) in [5, 5.41) is 19.9. The largest absolute Gasteiger partial charge is 0.394 e. The molecule has 0 spiro atoms. The molecule has 5 heteroatoms. The van der Waals surface area contributed by atoms with E-state index >= 15 is 0 Å². The number of rotatable bonds is 6. The van der Waals surface area contributed by atoms with Gasteiger partial charge in [-0.25, -0.2) is 0 Å². The second kappa shape index (κ2) is 6.75. The lowest BCUT2D eigenvalue weighted by molar-refractivity contribution is -0.123. The Morgan fingerprint density at radius 3 is 2.50 bits per heavy atom. The maximum Gasteiger partial charge on any atom is 0.237 e. The SMILES string of the molecule is CC(C)C[C@H](N)C(=O)NCC(O)CO. The molecule has 84 valence electrons. The van der Waals surface area contributed by atoms with Gasteiger partial charge in [-0.2, -0.15) is 0 Å². The molecule has 0 fully saturated rings. The van der Waals surface area contributed by atoms with Gasteiger partial charge in [-0.1, -0.05) is 13.8 Å². The zero-order valence-corrected chi connectivity index (χ0v) is 8.73. The number of hydrogen-bond donors (Lipinski definition) is 4. The summed E-state index contributed by atoms with van der Waals surface area (Å²) in [7, 11) is 0. The van der Waals surface area contributed by atoms with E-state index < -0.39 is 12.1 Å². The fourth-order valence-electron chi connectivity index (χ4n) is 1.03. The lowest BCUT2D eigenvalue weighted by Crippen LogP contribution is -2.44. The van der Waals surface area contributed by atoms with Gasteiger partial charge in [0.2, 0.25) is 5.91 Å². The molecule has 14 heavy (non-hydrogen) atoms. The molecule has 0 aromatic rings. The smallest absolute Gasteiger partial charge is 0.237 e. The Balaban J connectivity index is 3.73. The first kappa shape index (κ1) is 13.4. The third kappa shape index (κ3) is 5.90. The van der Waals surface area contributed by atoms with E-state index in [1.165, 1.54) is 0 Å². The van der Waals surface area contributed by atoms with E-state index in [1.54, 1.807) is 0 Å². The summed E-state index contributed by atoms with van der Waals surface area (Å²) in [6, 6.07) is -0.541. The normalized spacial score (nSPS) is 15.3. The standard InChI is InChI=1S/C9H20N2O3/c1-6(2)3-8(10)9(14)11-4-7(13)5-12/h6-8,12-13H,3-5,10H2,1-2H3,(H,11,14)/t7?,8-/m0/s1. The van der Waals surface area contributed by atoms with Gasteiger partial charge in [0.1, 0.15) is 0 Å². The maximum atomic E-state index is 11.3. The Morgan fingerprint density at radius 1 is 1.50 bits per heavy atom. The Bertz CT molecular complexity index is 173. The highest BCUT2D eigenvalue weighted by atomic mass is 16.3. The number of aliphatic hydroxyl groups excluding tert-OH is 2. The van der Waals surface area contributed by atoms with Crippen molar-refractivity contribution in [2.24, 2.45) is 11.7 Å². The van der Waals surface area contributed by atoms with Gasteiger partial charge in [0.25, 0.3) is 0 Å². The number of amides is 1. The van der Waals surface area contributed by atoms with Gasteiger partial charge in [0, 0.05) is 6.54 Å². The summed E-state index contributed by atoms with van der Waals surface area (Å²) in [6.07, 6.45) is -0.300. The van der Waals surface area contributed by atoms with E-state index in [1.807, 2.05) is 13.8 Å². The Labute approximate surface area is 84.3 Å². The molecule has 0 aromatic carbocycles. The van der Waals surface area contributed by atoms with Crippen molar-refractivity contribution >= 4 is 5.91 Å². The third-order valence-corrected chi connectivity index (χ3v) is 1.78. The van der Waals surface area contributed by atoms with Gasteiger partial charge in [0.15, 0.2) is 0 Å². The highest BCUT2D eigenvalue weighted by Crippen LogP contribution is 2.02. The zero-order valence-electron chi connectivity index (χ0n) is 8.73. The number of nitrogens with one attached hydrogen (secondary N) is 1. The van der Waals surface area contributed by atoms with Crippen LogP contribution in [0.3, 0.4) is 0 Å². The van der Waals surface area contributed by atoms with Crippen molar-refractivity contribution in [1.82, 2.24) is 5.32 Å². The molecular weight excluding hydrogens is 184 g/mol. The van der Waals surface area contributed by atoms with Crippen molar-refractivity contribution in [2.75, 3.05) is 13.2 Å². The van der Waals surface area contributed by atoms with Crippen LogP contribution in [0, 0.1) is 5.92 Å². The lowest BCUT2D eigenvalue weighted by Gasteiger charge is -2.15. The molecule has 0 aliphatic carbocycles. The van der Waals surface area contributed by atoms with E-state index in [4.69, 9.17) is 15.9 Å². The topological polar surface area (TPSA) is 95.6 Å². The molecule has 0 bridgehead atoms. The summed E-state index contributed by atoms with van der Waals surface area (Å²) >= 11 is 0. The van der Waals surface area contributed by atoms with Crippen LogP contribution in [0.15, 0.2) is 0 Å². The highest BCUT2D eigenvalue weighted by molar-refractivity contribution is 5.81. The Hall–Kier alpha value is -0.650. The fraction of sp³-hybridized carbons (Fsp3) is 0.889. The van der Waals surface area contributed by atoms with Gasteiger partial charge in [-0.15, -0.1) is 0 Å². The van der Waals surface area contributed by atoms with E-state index in [-0.39, 0.29) is 19.1 Å².